The fourth-order valence-electron chi connectivity index (χ4n) is 2.94. The number of aldehydes is 1. The van der Waals surface area contributed by atoms with Crippen LogP contribution in [0.3, 0.4) is 0 Å². The number of piperidine rings is 2. The molecule has 2 saturated heterocycles. The molecule has 5 heteroatoms. The Labute approximate surface area is 103 Å². The monoisotopic (exact) mass is 240 g/mol. The van der Waals surface area contributed by atoms with E-state index in [0.29, 0.717) is 6.04 Å². The van der Waals surface area contributed by atoms with E-state index in [4.69, 9.17) is 5.84 Å². The molecule has 2 heterocycles. The van der Waals surface area contributed by atoms with Crippen molar-refractivity contribution in [2.24, 2.45) is 5.84 Å². The minimum absolute atomic E-state index is 0.470. The summed E-state index contributed by atoms with van der Waals surface area (Å²) in [6.07, 6.45) is 5.15. The maximum absolute atomic E-state index is 11.1. The van der Waals surface area contributed by atoms with Crippen molar-refractivity contribution >= 4 is 6.29 Å². The topological polar surface area (TPSA) is 61.6 Å². The minimum Gasteiger partial charge on any atom is -0.306 e. The van der Waals surface area contributed by atoms with Crippen LogP contribution >= 0.6 is 0 Å². The highest BCUT2D eigenvalue weighted by Gasteiger charge is 2.35. The van der Waals surface area contributed by atoms with Gasteiger partial charge in [0.05, 0.1) is 5.54 Å². The van der Waals surface area contributed by atoms with E-state index in [-0.39, 0.29) is 0 Å². The molecule has 0 saturated carbocycles. The Morgan fingerprint density at radius 3 is 2.29 bits per heavy atom. The molecule has 0 amide bonds. The Hall–Kier alpha value is -0.490. The quantitative estimate of drug-likeness (QED) is 0.398. The highest BCUT2D eigenvalue weighted by molar-refractivity contribution is 5.64. The van der Waals surface area contributed by atoms with Gasteiger partial charge in [0.25, 0.3) is 0 Å². The number of nitrogens with zero attached hydrogens (tertiary/aromatic N) is 2. The van der Waals surface area contributed by atoms with Gasteiger partial charge in [-0.15, -0.1) is 0 Å². The molecule has 0 spiro atoms. The number of nitrogens with two attached hydrogens (primary N) is 1. The average molecular weight is 240 g/mol. The molecular formula is C12H24N4O. The fourth-order valence-corrected chi connectivity index (χ4v) is 2.94. The summed E-state index contributed by atoms with van der Waals surface area (Å²) in [5.41, 5.74) is 2.22. The first kappa shape index (κ1) is 13.0. The summed E-state index contributed by atoms with van der Waals surface area (Å²) in [5.74, 6) is 5.48. The van der Waals surface area contributed by atoms with Crippen LogP contribution < -0.4 is 11.3 Å². The summed E-state index contributed by atoms with van der Waals surface area (Å²) in [7, 11) is 2.18. The number of likely N-dealkylation sites (tertiary alicyclic amines) is 2. The maximum Gasteiger partial charge on any atom is 0.141 e. The van der Waals surface area contributed by atoms with Gasteiger partial charge in [-0.1, -0.05) is 0 Å². The average Bonchev–Trinajstić information content (AvgIpc) is 2.40. The normalized spacial score (nSPS) is 28.1. The van der Waals surface area contributed by atoms with Crippen LogP contribution in [0, 0.1) is 0 Å². The van der Waals surface area contributed by atoms with E-state index in [1.165, 1.54) is 25.9 Å². The van der Waals surface area contributed by atoms with Crippen molar-refractivity contribution in [1.82, 2.24) is 15.2 Å². The number of carbonyl (C=O) groups excluding carboxylic acids is 1. The maximum atomic E-state index is 11.1. The molecule has 2 aliphatic heterocycles. The van der Waals surface area contributed by atoms with Gasteiger partial charge in [0.15, 0.2) is 0 Å². The van der Waals surface area contributed by atoms with Crippen LogP contribution in [0.5, 0.6) is 0 Å². The van der Waals surface area contributed by atoms with Crippen LogP contribution in [0.25, 0.3) is 0 Å². The molecule has 3 N–H and O–H groups in total. The van der Waals surface area contributed by atoms with E-state index >= 15 is 0 Å². The molecule has 0 aromatic rings. The van der Waals surface area contributed by atoms with Crippen molar-refractivity contribution in [3.8, 4) is 0 Å². The lowest BCUT2D eigenvalue weighted by Crippen LogP contribution is -2.59. The highest BCUT2D eigenvalue weighted by atomic mass is 16.1. The minimum atomic E-state index is -0.470. The predicted molar refractivity (Wildman–Crippen MR) is 67.4 cm³/mol. The molecule has 0 aliphatic carbocycles. The smallest absolute Gasteiger partial charge is 0.141 e. The Morgan fingerprint density at radius 1 is 1.24 bits per heavy atom. The summed E-state index contributed by atoms with van der Waals surface area (Å²) in [6, 6.07) is 0.702. The van der Waals surface area contributed by atoms with E-state index in [1.807, 2.05) is 0 Å². The van der Waals surface area contributed by atoms with Crippen LogP contribution in [-0.2, 0) is 4.79 Å². The number of hydrogen-bond acceptors (Lipinski definition) is 5. The van der Waals surface area contributed by atoms with Gasteiger partial charge in [0.1, 0.15) is 6.29 Å². The van der Waals surface area contributed by atoms with Crippen molar-refractivity contribution in [2.75, 3.05) is 33.2 Å². The number of rotatable bonds is 3. The third-order valence-electron chi connectivity index (χ3n) is 4.41. The van der Waals surface area contributed by atoms with Crippen LogP contribution in [0.1, 0.15) is 25.7 Å². The van der Waals surface area contributed by atoms with Gasteiger partial charge in [-0.25, -0.2) is 5.43 Å². The second-order valence-corrected chi connectivity index (χ2v) is 5.49. The van der Waals surface area contributed by atoms with Crippen molar-refractivity contribution < 1.29 is 4.79 Å². The van der Waals surface area contributed by atoms with E-state index in [0.717, 1.165) is 32.2 Å². The van der Waals surface area contributed by atoms with Crippen molar-refractivity contribution in [3.05, 3.63) is 0 Å². The fraction of sp³-hybridized carbons (Fsp3) is 0.917. The number of carbonyl (C=O) groups is 1. The Kier molecular flexibility index (Phi) is 4.14. The van der Waals surface area contributed by atoms with Gasteiger partial charge in [-0.2, -0.15) is 0 Å². The van der Waals surface area contributed by atoms with Gasteiger partial charge in [-0.3, -0.25) is 5.84 Å². The van der Waals surface area contributed by atoms with Gasteiger partial charge < -0.3 is 14.6 Å². The summed E-state index contributed by atoms with van der Waals surface area (Å²) in [5, 5.41) is 0. The molecule has 0 unspecified atom stereocenters. The summed E-state index contributed by atoms with van der Waals surface area (Å²) in [6.45, 7) is 4.35. The van der Waals surface area contributed by atoms with Crippen LogP contribution in [-0.4, -0.2) is 60.9 Å². The Morgan fingerprint density at radius 2 is 1.82 bits per heavy atom. The third kappa shape index (κ3) is 2.85. The highest BCUT2D eigenvalue weighted by Crippen LogP contribution is 2.24. The molecule has 2 aliphatic rings. The SMILES string of the molecule is CN1CCC(N2CCC(C=O)(NN)CC2)CC1. The van der Waals surface area contributed by atoms with Crippen molar-refractivity contribution in [3.63, 3.8) is 0 Å². The molecule has 0 bridgehead atoms. The zero-order valence-corrected chi connectivity index (χ0v) is 10.7. The molecule has 2 rings (SSSR count). The van der Waals surface area contributed by atoms with Gasteiger partial charge in [0.2, 0.25) is 0 Å². The zero-order valence-electron chi connectivity index (χ0n) is 10.7. The molecule has 0 radical (unpaired) electrons. The molecule has 5 nitrogen and oxygen atoms in total. The third-order valence-corrected chi connectivity index (χ3v) is 4.41. The number of hydrazine groups is 1. The second kappa shape index (κ2) is 5.44. The first-order valence-corrected chi connectivity index (χ1v) is 6.56. The second-order valence-electron chi connectivity index (χ2n) is 5.49. The first-order chi connectivity index (χ1) is 8.19. The molecule has 0 aromatic heterocycles. The lowest BCUT2D eigenvalue weighted by atomic mass is 9.88. The van der Waals surface area contributed by atoms with E-state index in [9.17, 15) is 4.79 Å². The van der Waals surface area contributed by atoms with Crippen LogP contribution in [0.15, 0.2) is 0 Å². The Balaban J connectivity index is 1.84. The largest absolute Gasteiger partial charge is 0.306 e. The zero-order chi connectivity index (χ0) is 12.3. The molecule has 2 fully saturated rings. The molecule has 0 atom stereocenters. The van der Waals surface area contributed by atoms with E-state index in [2.05, 4.69) is 22.3 Å². The van der Waals surface area contributed by atoms with Crippen LogP contribution in [0.2, 0.25) is 0 Å². The van der Waals surface area contributed by atoms with Gasteiger partial charge >= 0.3 is 0 Å². The standard InChI is InChI=1S/C12H24N4O/c1-15-6-2-11(3-7-15)16-8-4-12(10-17,14-13)5-9-16/h10-11,14H,2-9,13H2,1H3. The molecular weight excluding hydrogens is 216 g/mol. The summed E-state index contributed by atoms with van der Waals surface area (Å²) >= 11 is 0. The number of hydrogen-bond donors (Lipinski definition) is 2. The first-order valence-electron chi connectivity index (χ1n) is 6.56. The van der Waals surface area contributed by atoms with E-state index < -0.39 is 5.54 Å². The van der Waals surface area contributed by atoms with Gasteiger partial charge in [-0.05, 0) is 45.8 Å². The molecule has 17 heavy (non-hydrogen) atoms. The summed E-state index contributed by atoms with van der Waals surface area (Å²) in [4.78, 5) is 16.0. The van der Waals surface area contributed by atoms with Crippen molar-refractivity contribution in [1.29, 1.82) is 0 Å². The lowest BCUT2D eigenvalue weighted by Gasteiger charge is -2.43. The number of nitrogens with one attached hydrogen (secondary N) is 1. The lowest BCUT2D eigenvalue weighted by molar-refractivity contribution is -0.115. The van der Waals surface area contributed by atoms with Gasteiger partial charge in [0, 0.05) is 19.1 Å². The predicted octanol–water partition coefficient (Wildman–Crippen LogP) is -0.423. The molecule has 0 aromatic carbocycles. The van der Waals surface area contributed by atoms with Crippen LogP contribution in [0.4, 0.5) is 0 Å². The molecule has 98 valence electrons. The van der Waals surface area contributed by atoms with E-state index in [1.54, 1.807) is 0 Å². The van der Waals surface area contributed by atoms with Crippen molar-refractivity contribution in [2.45, 2.75) is 37.3 Å². The summed E-state index contributed by atoms with van der Waals surface area (Å²) < 4.78 is 0. The Bertz CT molecular complexity index is 255.